The van der Waals surface area contributed by atoms with E-state index in [1.54, 1.807) is 0 Å². The molecule has 0 spiro atoms. The lowest BCUT2D eigenvalue weighted by atomic mass is 9.87. The molecule has 6 heteroatoms. The molecule has 0 heterocycles. The molecule has 6 nitrogen and oxygen atoms in total. The number of esters is 2. The highest BCUT2D eigenvalue weighted by Gasteiger charge is 2.23. The Bertz CT molecular complexity index is 821. The van der Waals surface area contributed by atoms with Gasteiger partial charge in [0.15, 0.2) is 6.29 Å². The van der Waals surface area contributed by atoms with E-state index in [0.29, 0.717) is 39.3 Å². The van der Waals surface area contributed by atoms with Gasteiger partial charge in [0.2, 0.25) is 0 Å². The zero-order chi connectivity index (χ0) is 38.9. The van der Waals surface area contributed by atoms with Crippen molar-refractivity contribution in [1.29, 1.82) is 0 Å². The first-order chi connectivity index (χ1) is 26.0. The van der Waals surface area contributed by atoms with Crippen LogP contribution in [0.5, 0.6) is 0 Å². The summed E-state index contributed by atoms with van der Waals surface area (Å²) in [6.07, 6.45) is 40.4. The maximum atomic E-state index is 12.9. The predicted molar refractivity (Wildman–Crippen MR) is 225 cm³/mol. The summed E-state index contributed by atoms with van der Waals surface area (Å²) in [5.74, 6) is 0.0664. The highest BCUT2D eigenvalue weighted by Crippen LogP contribution is 2.23. The number of ether oxygens (including phenoxy) is 4. The molecule has 53 heavy (non-hydrogen) atoms. The summed E-state index contributed by atoms with van der Waals surface area (Å²) < 4.78 is 23.8. The van der Waals surface area contributed by atoms with Crippen LogP contribution in [0.25, 0.3) is 0 Å². The summed E-state index contributed by atoms with van der Waals surface area (Å²) in [6.45, 7) is 13.1. The summed E-state index contributed by atoms with van der Waals surface area (Å²) in [4.78, 5) is 25.4. The van der Waals surface area contributed by atoms with Gasteiger partial charge < -0.3 is 18.9 Å². The van der Waals surface area contributed by atoms with E-state index < -0.39 is 0 Å². The molecule has 0 amide bonds. The van der Waals surface area contributed by atoms with Crippen LogP contribution >= 0.6 is 0 Å². The molecule has 0 aromatic carbocycles. The monoisotopic (exact) mass is 749 g/mol. The van der Waals surface area contributed by atoms with Crippen molar-refractivity contribution in [2.75, 3.05) is 26.4 Å². The van der Waals surface area contributed by atoms with Crippen molar-refractivity contribution < 1.29 is 28.5 Å². The van der Waals surface area contributed by atoms with Gasteiger partial charge in [-0.15, -0.1) is 0 Å². The van der Waals surface area contributed by atoms with Crippen molar-refractivity contribution in [1.82, 2.24) is 0 Å². The second-order valence-electron chi connectivity index (χ2n) is 15.3. The zero-order valence-electron chi connectivity index (χ0n) is 35.8. The maximum Gasteiger partial charge on any atom is 0.305 e. The summed E-state index contributed by atoms with van der Waals surface area (Å²) >= 11 is 0. The minimum Gasteiger partial charge on any atom is -0.465 e. The van der Waals surface area contributed by atoms with Crippen LogP contribution in [0, 0.1) is 11.8 Å². The zero-order valence-corrected chi connectivity index (χ0v) is 35.8. The van der Waals surface area contributed by atoms with Crippen molar-refractivity contribution >= 4 is 11.9 Å². The fraction of sp³-hybridized carbons (Fsp3) is 0.872. The van der Waals surface area contributed by atoms with E-state index in [9.17, 15) is 9.59 Å². The number of hydrogen-bond donors (Lipinski definition) is 0. The van der Waals surface area contributed by atoms with Gasteiger partial charge >= 0.3 is 11.9 Å². The first-order valence-corrected chi connectivity index (χ1v) is 22.9. The van der Waals surface area contributed by atoms with Gasteiger partial charge in [-0.1, -0.05) is 162 Å². The third kappa shape index (κ3) is 35.8. The van der Waals surface area contributed by atoms with E-state index in [0.717, 1.165) is 64.2 Å². The summed E-state index contributed by atoms with van der Waals surface area (Å²) in [5, 5.41) is 0. The van der Waals surface area contributed by atoms with Crippen LogP contribution in [-0.4, -0.2) is 44.7 Å². The molecule has 0 aromatic heterocycles. The fourth-order valence-electron chi connectivity index (χ4n) is 6.68. The van der Waals surface area contributed by atoms with Crippen molar-refractivity contribution in [3.63, 3.8) is 0 Å². The molecule has 0 aliphatic carbocycles. The molecule has 0 radical (unpaired) electrons. The molecule has 0 saturated heterocycles. The van der Waals surface area contributed by atoms with Crippen molar-refractivity contribution in [2.24, 2.45) is 11.8 Å². The highest BCUT2D eigenvalue weighted by atomic mass is 16.7. The average Bonchev–Trinajstić information content (AvgIpc) is 3.16. The SMILES string of the molecule is CCCCC/C=C\C/C=C\CCCCCCCC(=O)OCC(CCC)C(CC)COC(=O)CCC(OCCCCCCCC)OCCCCCCCC. The Balaban J connectivity index is 4.42. The molecule has 0 aliphatic rings. The Morgan fingerprint density at radius 3 is 1.45 bits per heavy atom. The summed E-state index contributed by atoms with van der Waals surface area (Å²) in [7, 11) is 0. The Morgan fingerprint density at radius 2 is 0.906 bits per heavy atom. The third-order valence-electron chi connectivity index (χ3n) is 10.3. The molecular weight excluding hydrogens is 661 g/mol. The maximum absolute atomic E-state index is 12.9. The summed E-state index contributed by atoms with van der Waals surface area (Å²) in [6, 6.07) is 0. The van der Waals surface area contributed by atoms with Crippen molar-refractivity contribution in [3.05, 3.63) is 24.3 Å². The van der Waals surface area contributed by atoms with Gasteiger partial charge in [0, 0.05) is 26.1 Å². The minimum absolute atomic E-state index is 0.100. The molecule has 0 fully saturated rings. The third-order valence-corrected chi connectivity index (χ3v) is 10.3. The van der Waals surface area contributed by atoms with Gasteiger partial charge in [0.1, 0.15) is 0 Å². The standard InChI is InChI=1S/C47H88O6/c1-6-11-14-17-20-21-22-23-24-25-26-27-28-29-32-36-45(48)53-42-44(35-9-4)43(10-5)41-52-46(49)37-38-47(50-39-33-30-18-15-12-7-2)51-40-34-31-19-16-13-8-3/h20-21,23-24,43-44,47H,6-19,22,25-42H2,1-5H3/b21-20-,24-23-. The molecule has 0 N–H and O–H groups in total. The van der Waals surface area contributed by atoms with E-state index >= 15 is 0 Å². The predicted octanol–water partition coefficient (Wildman–Crippen LogP) is 14.2. The molecule has 0 aromatic rings. The van der Waals surface area contributed by atoms with E-state index in [-0.39, 0.29) is 36.5 Å². The number of allylic oxidation sites excluding steroid dienone is 4. The van der Waals surface area contributed by atoms with Crippen molar-refractivity contribution in [2.45, 2.75) is 227 Å². The van der Waals surface area contributed by atoms with Crippen LogP contribution in [-0.2, 0) is 28.5 Å². The average molecular weight is 749 g/mol. The summed E-state index contributed by atoms with van der Waals surface area (Å²) in [5.41, 5.74) is 0. The second-order valence-corrected chi connectivity index (χ2v) is 15.3. The first-order valence-electron chi connectivity index (χ1n) is 22.9. The lowest BCUT2D eigenvalue weighted by Crippen LogP contribution is -2.27. The van der Waals surface area contributed by atoms with Crippen LogP contribution in [0.2, 0.25) is 0 Å². The van der Waals surface area contributed by atoms with Crippen LogP contribution in [0.3, 0.4) is 0 Å². The van der Waals surface area contributed by atoms with Crippen LogP contribution in [0.15, 0.2) is 24.3 Å². The molecule has 2 atom stereocenters. The Kier molecular flexibility index (Phi) is 40.2. The Morgan fingerprint density at radius 1 is 0.453 bits per heavy atom. The van der Waals surface area contributed by atoms with Gasteiger partial charge in [-0.2, -0.15) is 0 Å². The Hall–Kier alpha value is -1.66. The highest BCUT2D eigenvalue weighted by molar-refractivity contribution is 5.69. The fourth-order valence-corrected chi connectivity index (χ4v) is 6.68. The molecule has 0 bridgehead atoms. The second kappa shape index (κ2) is 41.5. The molecule has 2 unspecified atom stereocenters. The molecule has 0 rings (SSSR count). The van der Waals surface area contributed by atoms with Crippen molar-refractivity contribution in [3.8, 4) is 0 Å². The Labute approximate surface area is 329 Å². The molecule has 312 valence electrons. The first kappa shape index (κ1) is 51.3. The largest absolute Gasteiger partial charge is 0.465 e. The number of rotatable bonds is 41. The number of unbranched alkanes of at least 4 members (excludes halogenated alkanes) is 18. The topological polar surface area (TPSA) is 71.1 Å². The number of hydrogen-bond acceptors (Lipinski definition) is 6. The molecule has 0 aliphatic heterocycles. The van der Waals surface area contributed by atoms with Crippen LogP contribution < -0.4 is 0 Å². The van der Waals surface area contributed by atoms with E-state index in [2.05, 4.69) is 58.9 Å². The molecule has 0 saturated carbocycles. The smallest absolute Gasteiger partial charge is 0.305 e. The minimum atomic E-state index is -0.359. The van der Waals surface area contributed by atoms with Crippen LogP contribution in [0.4, 0.5) is 0 Å². The molecular formula is C47H88O6. The van der Waals surface area contributed by atoms with Gasteiger partial charge in [-0.25, -0.2) is 0 Å². The van der Waals surface area contributed by atoms with Gasteiger partial charge in [0.05, 0.1) is 19.6 Å². The quantitative estimate of drug-likeness (QED) is 0.0268. The number of carbonyl (C=O) groups excluding carboxylic acids is 2. The van der Waals surface area contributed by atoms with Gasteiger partial charge in [0.25, 0.3) is 0 Å². The number of carbonyl (C=O) groups is 2. The van der Waals surface area contributed by atoms with E-state index in [1.807, 2.05) is 0 Å². The lowest BCUT2D eigenvalue weighted by Gasteiger charge is -2.25. The van der Waals surface area contributed by atoms with Gasteiger partial charge in [-0.05, 0) is 76.0 Å². The van der Waals surface area contributed by atoms with Crippen LogP contribution in [0.1, 0.15) is 221 Å². The normalized spacial score (nSPS) is 13.0. The van der Waals surface area contributed by atoms with Gasteiger partial charge in [-0.3, -0.25) is 9.59 Å². The van der Waals surface area contributed by atoms with E-state index in [1.165, 1.54) is 103 Å². The lowest BCUT2D eigenvalue weighted by molar-refractivity contribution is -0.161. The van der Waals surface area contributed by atoms with E-state index in [4.69, 9.17) is 18.9 Å².